The molecule has 1 atom stereocenters. The third-order valence-corrected chi connectivity index (χ3v) is 7.77. The molecular weight excluding hydrogens is 545 g/mol. The Morgan fingerprint density at radius 1 is 1.13 bits per heavy atom. The summed E-state index contributed by atoms with van der Waals surface area (Å²) in [5.41, 5.74) is 1.73. The predicted molar refractivity (Wildman–Crippen MR) is 147 cm³/mol. The fraction of sp³-hybridized carbons (Fsp3) is 0.464. The van der Waals surface area contributed by atoms with E-state index in [1.54, 1.807) is 32.4 Å². The van der Waals surface area contributed by atoms with E-state index < -0.39 is 12.0 Å². The summed E-state index contributed by atoms with van der Waals surface area (Å²) in [7, 11) is 3.21. The van der Waals surface area contributed by atoms with Gasteiger partial charge in [-0.25, -0.2) is 4.79 Å². The number of ether oxygens (including phenoxy) is 2. The average molecular weight is 578 g/mol. The van der Waals surface area contributed by atoms with Gasteiger partial charge in [0.05, 0.1) is 30.1 Å². The lowest BCUT2D eigenvalue weighted by Gasteiger charge is -2.32. The minimum absolute atomic E-state index is 0.0772. The maximum Gasteiger partial charge on any atom is 0.326 e. The first-order valence-electron chi connectivity index (χ1n) is 12.9. The van der Waals surface area contributed by atoms with Crippen molar-refractivity contribution in [3.63, 3.8) is 0 Å². The summed E-state index contributed by atoms with van der Waals surface area (Å²) in [5.74, 6) is 0.416. The number of carboxylic acid groups (broad SMARTS) is 1. The van der Waals surface area contributed by atoms with Crippen LogP contribution in [0.15, 0.2) is 36.4 Å². The molecule has 9 nitrogen and oxygen atoms in total. The van der Waals surface area contributed by atoms with Crippen LogP contribution in [0.3, 0.4) is 0 Å². The molecule has 0 bridgehead atoms. The standard InChI is InChI=1S/C28H33Cl2N3O6/c1-31-10-9-26(34)33(28(31)37)11-12-39-24-8-5-19(13-25(24)38-2)17-32(16-18-3-4-18)23(15-27(35)36)20-6-7-21(29)22(30)14-20/h5-8,13-14,18,23H,3-4,9-12,15-17H2,1-2H3,(H,35,36). The van der Waals surface area contributed by atoms with E-state index >= 15 is 0 Å². The molecule has 0 aromatic heterocycles. The number of halogens is 2. The number of benzene rings is 2. The Bertz CT molecular complexity index is 1220. The second-order valence-electron chi connectivity index (χ2n) is 9.99. The first-order chi connectivity index (χ1) is 18.7. The third kappa shape index (κ3) is 7.56. The average Bonchev–Trinajstić information content (AvgIpc) is 3.73. The Morgan fingerprint density at radius 3 is 2.56 bits per heavy atom. The van der Waals surface area contributed by atoms with Gasteiger partial charge in [0.1, 0.15) is 6.61 Å². The number of urea groups is 1. The number of carboxylic acids is 1. The minimum atomic E-state index is -0.898. The zero-order chi connectivity index (χ0) is 28.1. The lowest BCUT2D eigenvalue weighted by molar-refractivity contribution is -0.138. The molecule has 0 radical (unpaired) electrons. The van der Waals surface area contributed by atoms with Crippen molar-refractivity contribution >= 4 is 41.1 Å². The van der Waals surface area contributed by atoms with Gasteiger partial charge in [0.25, 0.3) is 0 Å². The van der Waals surface area contributed by atoms with E-state index in [1.165, 1.54) is 9.80 Å². The quantitative estimate of drug-likeness (QED) is 0.354. The molecule has 2 aromatic rings. The highest BCUT2D eigenvalue weighted by Gasteiger charge is 2.31. The van der Waals surface area contributed by atoms with Crippen molar-refractivity contribution in [2.45, 2.75) is 38.3 Å². The fourth-order valence-corrected chi connectivity index (χ4v) is 5.02. The van der Waals surface area contributed by atoms with Crippen LogP contribution in [-0.2, 0) is 16.1 Å². The van der Waals surface area contributed by atoms with Crippen LogP contribution in [0, 0.1) is 5.92 Å². The van der Waals surface area contributed by atoms with Gasteiger partial charge in [-0.1, -0.05) is 35.3 Å². The van der Waals surface area contributed by atoms with Crippen molar-refractivity contribution in [1.29, 1.82) is 0 Å². The van der Waals surface area contributed by atoms with Crippen molar-refractivity contribution in [3.05, 3.63) is 57.6 Å². The molecule has 2 fully saturated rings. The van der Waals surface area contributed by atoms with Crippen LogP contribution < -0.4 is 9.47 Å². The molecule has 39 heavy (non-hydrogen) atoms. The number of rotatable bonds is 13. The molecular formula is C28H33Cl2N3O6. The number of aliphatic carboxylic acids is 1. The van der Waals surface area contributed by atoms with Crippen molar-refractivity contribution in [3.8, 4) is 11.5 Å². The van der Waals surface area contributed by atoms with Gasteiger partial charge in [-0.2, -0.15) is 0 Å². The van der Waals surface area contributed by atoms with E-state index in [1.807, 2.05) is 18.2 Å². The van der Waals surface area contributed by atoms with E-state index in [2.05, 4.69) is 4.90 Å². The van der Waals surface area contributed by atoms with Crippen molar-refractivity contribution in [2.75, 3.05) is 40.4 Å². The first-order valence-corrected chi connectivity index (χ1v) is 13.7. The van der Waals surface area contributed by atoms with E-state index in [4.69, 9.17) is 32.7 Å². The highest BCUT2D eigenvalue weighted by atomic mass is 35.5. The topological polar surface area (TPSA) is 99.6 Å². The Labute approximate surface area is 238 Å². The Balaban J connectivity index is 1.49. The molecule has 1 saturated heterocycles. The molecule has 2 aromatic carbocycles. The molecule has 210 valence electrons. The summed E-state index contributed by atoms with van der Waals surface area (Å²) in [4.78, 5) is 41.2. The monoisotopic (exact) mass is 577 g/mol. The van der Waals surface area contributed by atoms with E-state index in [0.29, 0.717) is 47.0 Å². The van der Waals surface area contributed by atoms with Gasteiger partial charge in [0, 0.05) is 39.1 Å². The van der Waals surface area contributed by atoms with Crippen molar-refractivity contribution in [1.82, 2.24) is 14.7 Å². The third-order valence-electron chi connectivity index (χ3n) is 7.03. The predicted octanol–water partition coefficient (Wildman–Crippen LogP) is 5.09. The van der Waals surface area contributed by atoms with E-state index in [0.717, 1.165) is 30.5 Å². The summed E-state index contributed by atoms with van der Waals surface area (Å²) in [6.45, 7) is 1.94. The van der Waals surface area contributed by atoms with Gasteiger partial charge < -0.3 is 19.5 Å². The van der Waals surface area contributed by atoms with Crippen LogP contribution >= 0.6 is 23.2 Å². The van der Waals surface area contributed by atoms with Crippen LogP contribution in [0.5, 0.6) is 11.5 Å². The summed E-state index contributed by atoms with van der Waals surface area (Å²) in [5, 5.41) is 10.5. The highest BCUT2D eigenvalue weighted by Crippen LogP contribution is 2.37. The maximum atomic E-state index is 12.3. The minimum Gasteiger partial charge on any atom is -0.493 e. The van der Waals surface area contributed by atoms with Crippen LogP contribution in [-0.4, -0.2) is 78.1 Å². The Hall–Kier alpha value is -3.01. The Kier molecular flexibility index (Phi) is 9.58. The van der Waals surface area contributed by atoms with Crippen LogP contribution in [0.4, 0.5) is 4.79 Å². The summed E-state index contributed by atoms with van der Waals surface area (Å²) >= 11 is 12.4. The molecule has 2 aliphatic rings. The van der Waals surface area contributed by atoms with E-state index in [-0.39, 0.29) is 31.5 Å². The fourth-order valence-electron chi connectivity index (χ4n) is 4.71. The number of hydrogen-bond donors (Lipinski definition) is 1. The van der Waals surface area contributed by atoms with Gasteiger partial charge in [-0.15, -0.1) is 0 Å². The Morgan fingerprint density at radius 2 is 1.90 bits per heavy atom. The lowest BCUT2D eigenvalue weighted by Crippen LogP contribution is -2.51. The molecule has 1 unspecified atom stereocenters. The molecule has 0 spiro atoms. The van der Waals surface area contributed by atoms with E-state index in [9.17, 15) is 19.5 Å². The number of methoxy groups -OCH3 is 1. The molecule has 3 amide bonds. The first kappa shape index (κ1) is 29.0. The number of hydrogen-bond acceptors (Lipinski definition) is 6. The molecule has 11 heteroatoms. The maximum absolute atomic E-state index is 12.3. The molecule has 4 rings (SSSR count). The smallest absolute Gasteiger partial charge is 0.326 e. The molecule has 1 aliphatic carbocycles. The largest absolute Gasteiger partial charge is 0.493 e. The summed E-state index contributed by atoms with van der Waals surface area (Å²) in [6.07, 6.45) is 2.45. The normalized spacial score (nSPS) is 16.5. The van der Waals surface area contributed by atoms with Gasteiger partial charge in [0.2, 0.25) is 5.91 Å². The van der Waals surface area contributed by atoms with Crippen molar-refractivity contribution in [2.24, 2.45) is 5.92 Å². The SMILES string of the molecule is COc1cc(CN(CC2CC2)C(CC(=O)O)c2ccc(Cl)c(Cl)c2)ccc1OCCN1C(=O)CCN(C)C1=O. The number of carbonyl (C=O) groups excluding carboxylic acids is 2. The van der Waals surface area contributed by atoms with Crippen molar-refractivity contribution < 1.29 is 29.0 Å². The van der Waals surface area contributed by atoms with Crippen LogP contribution in [0.2, 0.25) is 10.0 Å². The second-order valence-corrected chi connectivity index (χ2v) is 10.8. The number of nitrogens with zero attached hydrogens (tertiary/aromatic N) is 3. The van der Waals surface area contributed by atoms with Gasteiger partial charge >= 0.3 is 12.0 Å². The zero-order valence-electron chi connectivity index (χ0n) is 22.1. The summed E-state index contributed by atoms with van der Waals surface area (Å²) < 4.78 is 11.5. The highest BCUT2D eigenvalue weighted by molar-refractivity contribution is 6.42. The van der Waals surface area contributed by atoms with Gasteiger partial charge in [-0.3, -0.25) is 19.4 Å². The molecule has 1 saturated carbocycles. The molecule has 1 heterocycles. The zero-order valence-corrected chi connectivity index (χ0v) is 23.6. The van der Waals surface area contributed by atoms with Gasteiger partial charge in [0.15, 0.2) is 11.5 Å². The van der Waals surface area contributed by atoms with Crippen LogP contribution in [0.25, 0.3) is 0 Å². The number of imide groups is 1. The van der Waals surface area contributed by atoms with Crippen LogP contribution in [0.1, 0.15) is 42.9 Å². The summed E-state index contributed by atoms with van der Waals surface area (Å²) in [6, 6.07) is 10.1. The number of amides is 3. The molecule has 1 N–H and O–H groups in total. The van der Waals surface area contributed by atoms with Gasteiger partial charge in [-0.05, 0) is 54.2 Å². The lowest BCUT2D eigenvalue weighted by atomic mass is 10.00. The second kappa shape index (κ2) is 12.9. The number of carbonyl (C=O) groups is 3. The molecule has 1 aliphatic heterocycles.